The lowest BCUT2D eigenvalue weighted by atomic mass is 10.1. The SMILES string of the molecule is CCCCCCC(C)OC(=O)CC(N)c1ccccc1. The molecule has 0 aliphatic carbocycles. The molecule has 3 nitrogen and oxygen atoms in total. The summed E-state index contributed by atoms with van der Waals surface area (Å²) in [5, 5.41) is 0. The third-order valence-corrected chi connectivity index (χ3v) is 3.41. The van der Waals surface area contributed by atoms with E-state index in [2.05, 4.69) is 6.92 Å². The monoisotopic (exact) mass is 277 g/mol. The molecule has 0 fully saturated rings. The van der Waals surface area contributed by atoms with Gasteiger partial charge in [0.1, 0.15) is 0 Å². The molecule has 0 radical (unpaired) electrons. The van der Waals surface area contributed by atoms with Crippen LogP contribution in [0.1, 0.15) is 64.0 Å². The predicted molar refractivity (Wildman–Crippen MR) is 82.3 cm³/mol. The summed E-state index contributed by atoms with van der Waals surface area (Å²) in [7, 11) is 0. The lowest BCUT2D eigenvalue weighted by Gasteiger charge is -2.16. The van der Waals surface area contributed by atoms with Crippen molar-refractivity contribution in [1.82, 2.24) is 0 Å². The fourth-order valence-corrected chi connectivity index (χ4v) is 2.19. The van der Waals surface area contributed by atoms with Gasteiger partial charge in [-0.3, -0.25) is 4.79 Å². The molecule has 2 atom stereocenters. The Morgan fingerprint density at radius 3 is 2.55 bits per heavy atom. The van der Waals surface area contributed by atoms with Gasteiger partial charge in [0.2, 0.25) is 0 Å². The van der Waals surface area contributed by atoms with Crippen LogP contribution < -0.4 is 5.73 Å². The van der Waals surface area contributed by atoms with E-state index < -0.39 is 0 Å². The maximum Gasteiger partial charge on any atom is 0.307 e. The number of benzene rings is 1. The maximum atomic E-state index is 11.8. The second-order valence-corrected chi connectivity index (χ2v) is 5.37. The summed E-state index contributed by atoms with van der Waals surface area (Å²) in [6.45, 7) is 4.15. The third kappa shape index (κ3) is 6.71. The summed E-state index contributed by atoms with van der Waals surface area (Å²) in [5.41, 5.74) is 6.98. The average molecular weight is 277 g/mol. The van der Waals surface area contributed by atoms with E-state index in [-0.39, 0.29) is 24.5 Å². The standard InChI is InChI=1S/C17H27NO2/c1-3-4-5-7-10-14(2)20-17(19)13-16(18)15-11-8-6-9-12-15/h6,8-9,11-12,14,16H,3-5,7,10,13,18H2,1-2H3. The van der Waals surface area contributed by atoms with E-state index in [9.17, 15) is 4.79 Å². The summed E-state index contributed by atoms with van der Waals surface area (Å²) < 4.78 is 5.40. The number of rotatable bonds is 9. The highest BCUT2D eigenvalue weighted by atomic mass is 16.5. The van der Waals surface area contributed by atoms with E-state index in [1.165, 1.54) is 19.3 Å². The van der Waals surface area contributed by atoms with Crippen LogP contribution in [0.2, 0.25) is 0 Å². The second-order valence-electron chi connectivity index (χ2n) is 5.37. The van der Waals surface area contributed by atoms with Crippen molar-refractivity contribution in [3.63, 3.8) is 0 Å². The number of hydrogen-bond acceptors (Lipinski definition) is 3. The van der Waals surface area contributed by atoms with E-state index >= 15 is 0 Å². The number of esters is 1. The van der Waals surface area contributed by atoms with Crippen LogP contribution in [-0.2, 0) is 9.53 Å². The number of nitrogens with two attached hydrogens (primary N) is 1. The Labute approximate surface area is 122 Å². The first kappa shape index (κ1) is 16.7. The molecule has 1 aromatic rings. The van der Waals surface area contributed by atoms with Crippen LogP contribution in [0.5, 0.6) is 0 Å². The molecule has 0 amide bonds. The van der Waals surface area contributed by atoms with Crippen molar-refractivity contribution >= 4 is 5.97 Å². The Hall–Kier alpha value is -1.35. The van der Waals surface area contributed by atoms with Crippen molar-refractivity contribution in [3.05, 3.63) is 35.9 Å². The number of carbonyl (C=O) groups is 1. The van der Waals surface area contributed by atoms with Gasteiger partial charge in [-0.05, 0) is 25.3 Å². The quantitative estimate of drug-likeness (QED) is 0.548. The summed E-state index contributed by atoms with van der Waals surface area (Å²) in [6.07, 6.45) is 5.96. The Morgan fingerprint density at radius 2 is 1.90 bits per heavy atom. The van der Waals surface area contributed by atoms with Gasteiger partial charge in [0.15, 0.2) is 0 Å². The number of carbonyl (C=O) groups excluding carboxylic acids is 1. The highest BCUT2D eigenvalue weighted by Crippen LogP contribution is 2.15. The Morgan fingerprint density at radius 1 is 1.20 bits per heavy atom. The molecular formula is C17H27NO2. The number of hydrogen-bond donors (Lipinski definition) is 1. The van der Waals surface area contributed by atoms with Gasteiger partial charge >= 0.3 is 5.97 Å². The fourth-order valence-electron chi connectivity index (χ4n) is 2.19. The second kappa shape index (κ2) is 9.54. The first-order valence-corrected chi connectivity index (χ1v) is 7.63. The smallest absolute Gasteiger partial charge is 0.307 e. The van der Waals surface area contributed by atoms with Crippen molar-refractivity contribution < 1.29 is 9.53 Å². The normalized spacial score (nSPS) is 13.8. The minimum absolute atomic E-state index is 0.0117. The summed E-state index contributed by atoms with van der Waals surface area (Å²) in [4.78, 5) is 11.8. The summed E-state index contributed by atoms with van der Waals surface area (Å²) in [5.74, 6) is -0.204. The highest BCUT2D eigenvalue weighted by Gasteiger charge is 2.15. The van der Waals surface area contributed by atoms with Crippen molar-refractivity contribution in [3.8, 4) is 0 Å². The van der Waals surface area contributed by atoms with Gasteiger partial charge in [-0.25, -0.2) is 0 Å². The zero-order chi connectivity index (χ0) is 14.8. The zero-order valence-electron chi connectivity index (χ0n) is 12.7. The molecular weight excluding hydrogens is 250 g/mol. The topological polar surface area (TPSA) is 52.3 Å². The van der Waals surface area contributed by atoms with Gasteiger partial charge < -0.3 is 10.5 Å². The zero-order valence-corrected chi connectivity index (χ0v) is 12.7. The molecule has 1 aromatic carbocycles. The van der Waals surface area contributed by atoms with Gasteiger partial charge in [-0.1, -0.05) is 56.5 Å². The molecule has 0 aromatic heterocycles. The van der Waals surface area contributed by atoms with Gasteiger partial charge in [0, 0.05) is 6.04 Å². The fraction of sp³-hybridized carbons (Fsp3) is 0.588. The molecule has 0 heterocycles. The minimum Gasteiger partial charge on any atom is -0.463 e. The average Bonchev–Trinajstić information content (AvgIpc) is 2.44. The first-order chi connectivity index (χ1) is 9.63. The van der Waals surface area contributed by atoms with Gasteiger partial charge in [-0.2, -0.15) is 0 Å². The minimum atomic E-state index is -0.281. The van der Waals surface area contributed by atoms with Gasteiger partial charge in [-0.15, -0.1) is 0 Å². The Balaban J connectivity index is 2.25. The molecule has 0 aliphatic rings. The van der Waals surface area contributed by atoms with Gasteiger partial charge in [0.05, 0.1) is 12.5 Å². The molecule has 0 bridgehead atoms. The van der Waals surface area contributed by atoms with Crippen LogP contribution in [0.25, 0.3) is 0 Å². The molecule has 1 rings (SSSR count). The van der Waals surface area contributed by atoms with Gasteiger partial charge in [0.25, 0.3) is 0 Å². The van der Waals surface area contributed by atoms with Crippen molar-refractivity contribution in [2.45, 2.75) is 64.5 Å². The van der Waals surface area contributed by atoms with E-state index in [0.29, 0.717) is 0 Å². The van der Waals surface area contributed by atoms with E-state index in [4.69, 9.17) is 10.5 Å². The first-order valence-electron chi connectivity index (χ1n) is 7.63. The highest BCUT2D eigenvalue weighted by molar-refractivity contribution is 5.70. The predicted octanol–water partition coefficient (Wildman–Crippen LogP) is 3.98. The van der Waals surface area contributed by atoms with Crippen LogP contribution in [0.15, 0.2) is 30.3 Å². The molecule has 0 aliphatic heterocycles. The molecule has 0 spiro atoms. The van der Waals surface area contributed by atoms with Crippen molar-refractivity contribution in [2.75, 3.05) is 0 Å². The summed E-state index contributed by atoms with van der Waals surface area (Å²) >= 11 is 0. The molecule has 0 saturated carbocycles. The third-order valence-electron chi connectivity index (χ3n) is 3.41. The molecule has 2 N–H and O–H groups in total. The largest absolute Gasteiger partial charge is 0.463 e. The van der Waals surface area contributed by atoms with E-state index in [1.807, 2.05) is 37.3 Å². The lowest BCUT2D eigenvalue weighted by Crippen LogP contribution is -2.20. The lowest BCUT2D eigenvalue weighted by molar-refractivity contribution is -0.149. The molecule has 3 heteroatoms. The van der Waals surface area contributed by atoms with E-state index in [0.717, 1.165) is 18.4 Å². The van der Waals surface area contributed by atoms with E-state index in [1.54, 1.807) is 0 Å². The van der Waals surface area contributed by atoms with Crippen LogP contribution in [0, 0.1) is 0 Å². The van der Waals surface area contributed by atoms with Crippen LogP contribution in [0.3, 0.4) is 0 Å². The molecule has 112 valence electrons. The molecule has 2 unspecified atom stereocenters. The van der Waals surface area contributed by atoms with Crippen LogP contribution in [-0.4, -0.2) is 12.1 Å². The number of unbranched alkanes of at least 4 members (excludes halogenated alkanes) is 3. The molecule has 0 saturated heterocycles. The Kier molecular flexibility index (Phi) is 7.97. The maximum absolute atomic E-state index is 11.8. The number of ether oxygens (including phenoxy) is 1. The van der Waals surface area contributed by atoms with Crippen LogP contribution in [0.4, 0.5) is 0 Å². The van der Waals surface area contributed by atoms with Crippen molar-refractivity contribution in [2.24, 2.45) is 5.73 Å². The van der Waals surface area contributed by atoms with Crippen LogP contribution >= 0.6 is 0 Å². The Bertz CT molecular complexity index is 378. The summed E-state index contributed by atoms with van der Waals surface area (Å²) in [6, 6.07) is 9.38. The van der Waals surface area contributed by atoms with Crippen molar-refractivity contribution in [1.29, 1.82) is 0 Å². The molecule has 20 heavy (non-hydrogen) atoms.